The second kappa shape index (κ2) is 7.21. The lowest BCUT2D eigenvalue weighted by Gasteiger charge is -2.22. The van der Waals surface area contributed by atoms with E-state index >= 15 is 0 Å². The van der Waals surface area contributed by atoms with Gasteiger partial charge in [0.15, 0.2) is 5.82 Å². The summed E-state index contributed by atoms with van der Waals surface area (Å²) in [6.45, 7) is 1.97. The quantitative estimate of drug-likeness (QED) is 0.843. The Hall–Kier alpha value is -2.82. The molecule has 2 fully saturated rings. The van der Waals surface area contributed by atoms with Crippen molar-refractivity contribution in [2.24, 2.45) is 0 Å². The Labute approximate surface area is 169 Å². The number of hydrogen-bond acceptors (Lipinski definition) is 6. The summed E-state index contributed by atoms with van der Waals surface area (Å²) in [6, 6.07) is 8.32. The lowest BCUT2D eigenvalue weighted by atomic mass is 10.00. The standard InChI is InChI=1S/C22H23N5O2/c1-29-12-16-7-17(10-24-16)27-11-15-9-25-21(26-20(15)22(27)28)19-6-13(8-23)2-5-18(19)14-3-4-14/h2,5-6,9,14,16-17,24H,3-4,7,10-12H2,1H3/t16-,17+/m0/s1. The first-order chi connectivity index (χ1) is 14.2. The van der Waals surface area contributed by atoms with E-state index in [4.69, 9.17) is 4.74 Å². The number of nitrogens with zero attached hydrogens (tertiary/aromatic N) is 4. The molecular formula is C22H23N5O2. The maximum absolute atomic E-state index is 13.1. The smallest absolute Gasteiger partial charge is 0.273 e. The van der Waals surface area contributed by atoms with E-state index in [0.29, 0.717) is 36.2 Å². The number of aromatic nitrogens is 2. The maximum atomic E-state index is 13.1. The minimum atomic E-state index is -0.0297. The fraction of sp³-hybridized carbons (Fsp3) is 0.455. The van der Waals surface area contributed by atoms with Crippen LogP contribution < -0.4 is 5.32 Å². The minimum absolute atomic E-state index is 0.0297. The number of rotatable bonds is 5. The average molecular weight is 389 g/mol. The second-order valence-electron chi connectivity index (χ2n) is 8.14. The van der Waals surface area contributed by atoms with Gasteiger partial charge in [-0.2, -0.15) is 5.26 Å². The van der Waals surface area contributed by atoms with Crippen molar-refractivity contribution in [1.82, 2.24) is 20.2 Å². The van der Waals surface area contributed by atoms with Crippen molar-refractivity contribution in [3.63, 3.8) is 0 Å². The van der Waals surface area contributed by atoms with Gasteiger partial charge in [-0.05, 0) is 42.9 Å². The molecule has 148 valence electrons. The van der Waals surface area contributed by atoms with Crippen molar-refractivity contribution in [2.45, 2.75) is 43.8 Å². The number of amides is 1. The van der Waals surface area contributed by atoms with Crippen LogP contribution >= 0.6 is 0 Å². The van der Waals surface area contributed by atoms with Crippen molar-refractivity contribution >= 4 is 5.91 Å². The molecule has 2 atom stereocenters. The number of ether oxygens (including phenoxy) is 1. The third-order valence-corrected chi connectivity index (χ3v) is 6.12. The first-order valence-corrected chi connectivity index (χ1v) is 10.1. The number of hydrogen-bond donors (Lipinski definition) is 1. The summed E-state index contributed by atoms with van der Waals surface area (Å²) in [5, 5.41) is 12.7. The summed E-state index contributed by atoms with van der Waals surface area (Å²) in [7, 11) is 1.69. The zero-order valence-electron chi connectivity index (χ0n) is 16.4. The molecule has 1 aromatic heterocycles. The molecule has 7 heteroatoms. The third-order valence-electron chi connectivity index (χ3n) is 6.12. The number of fused-ring (bicyclic) bond motifs is 1. The molecule has 1 aromatic carbocycles. The first-order valence-electron chi connectivity index (χ1n) is 10.1. The molecule has 1 amide bonds. The summed E-state index contributed by atoms with van der Waals surface area (Å²) < 4.78 is 5.23. The van der Waals surface area contributed by atoms with Crippen molar-refractivity contribution in [3.05, 3.63) is 46.8 Å². The van der Waals surface area contributed by atoms with Crippen LogP contribution in [0.15, 0.2) is 24.4 Å². The minimum Gasteiger partial charge on any atom is -0.383 e. The van der Waals surface area contributed by atoms with Crippen LogP contribution in [0, 0.1) is 11.3 Å². The Morgan fingerprint density at radius 3 is 3.00 bits per heavy atom. The molecule has 2 aromatic rings. The zero-order chi connectivity index (χ0) is 20.0. The average Bonchev–Trinajstić information content (AvgIpc) is 3.41. The topological polar surface area (TPSA) is 91.1 Å². The number of benzene rings is 1. The van der Waals surface area contributed by atoms with Gasteiger partial charge in [0.2, 0.25) is 0 Å². The molecule has 1 N–H and O–H groups in total. The van der Waals surface area contributed by atoms with Crippen LogP contribution in [0.5, 0.6) is 0 Å². The Bertz CT molecular complexity index is 1010. The van der Waals surface area contributed by atoms with E-state index in [1.807, 2.05) is 23.1 Å². The molecular weight excluding hydrogens is 366 g/mol. The van der Waals surface area contributed by atoms with Gasteiger partial charge in [0.25, 0.3) is 5.91 Å². The highest BCUT2D eigenvalue weighted by molar-refractivity contribution is 5.97. The van der Waals surface area contributed by atoms with E-state index in [-0.39, 0.29) is 18.0 Å². The normalized spacial score (nSPS) is 23.3. The van der Waals surface area contributed by atoms with E-state index in [0.717, 1.165) is 36.9 Å². The van der Waals surface area contributed by atoms with Crippen molar-refractivity contribution < 1.29 is 9.53 Å². The maximum Gasteiger partial charge on any atom is 0.273 e. The number of methoxy groups -OCH3 is 1. The van der Waals surface area contributed by atoms with Gasteiger partial charge < -0.3 is 15.0 Å². The Morgan fingerprint density at radius 2 is 2.24 bits per heavy atom. The third kappa shape index (κ3) is 3.28. The molecule has 7 nitrogen and oxygen atoms in total. The van der Waals surface area contributed by atoms with Crippen LogP contribution in [0.2, 0.25) is 0 Å². The fourth-order valence-corrected chi connectivity index (χ4v) is 4.46. The fourth-order valence-electron chi connectivity index (χ4n) is 4.46. The predicted molar refractivity (Wildman–Crippen MR) is 106 cm³/mol. The zero-order valence-corrected chi connectivity index (χ0v) is 16.4. The second-order valence-corrected chi connectivity index (χ2v) is 8.14. The van der Waals surface area contributed by atoms with Crippen LogP contribution in [0.1, 0.15) is 52.4 Å². The molecule has 0 unspecified atom stereocenters. The summed E-state index contributed by atoms with van der Waals surface area (Å²) in [4.78, 5) is 24.3. The SMILES string of the molecule is COC[C@@H]1C[C@@H](N2Cc3cnc(-c4cc(C#N)ccc4C4CC4)nc3C2=O)CN1. The molecule has 3 heterocycles. The van der Waals surface area contributed by atoms with E-state index in [9.17, 15) is 10.1 Å². The largest absolute Gasteiger partial charge is 0.383 e. The number of nitrogens with one attached hydrogen (secondary N) is 1. The number of nitriles is 1. The highest BCUT2D eigenvalue weighted by atomic mass is 16.5. The summed E-state index contributed by atoms with van der Waals surface area (Å²) in [6.07, 6.45) is 4.95. The van der Waals surface area contributed by atoms with Gasteiger partial charge in [-0.1, -0.05) is 6.07 Å². The van der Waals surface area contributed by atoms with E-state index in [1.54, 1.807) is 13.3 Å². The van der Waals surface area contributed by atoms with E-state index in [2.05, 4.69) is 21.4 Å². The molecule has 29 heavy (non-hydrogen) atoms. The highest BCUT2D eigenvalue weighted by Crippen LogP contribution is 2.44. The van der Waals surface area contributed by atoms with E-state index in [1.165, 1.54) is 5.56 Å². The van der Waals surface area contributed by atoms with Crippen molar-refractivity contribution in [1.29, 1.82) is 5.26 Å². The molecule has 3 aliphatic rings. The molecule has 0 bridgehead atoms. The van der Waals surface area contributed by atoms with Gasteiger partial charge in [-0.15, -0.1) is 0 Å². The summed E-state index contributed by atoms with van der Waals surface area (Å²) >= 11 is 0. The van der Waals surface area contributed by atoms with E-state index < -0.39 is 0 Å². The Morgan fingerprint density at radius 1 is 1.38 bits per heavy atom. The molecule has 0 radical (unpaired) electrons. The first kappa shape index (κ1) is 18.2. The number of carbonyl (C=O) groups excluding carboxylic acids is 1. The van der Waals surface area contributed by atoms with Crippen LogP contribution in [0.25, 0.3) is 11.4 Å². The molecule has 1 aliphatic carbocycles. The molecule has 2 aliphatic heterocycles. The Balaban J connectivity index is 1.44. The lowest BCUT2D eigenvalue weighted by Crippen LogP contribution is -2.37. The number of carbonyl (C=O) groups is 1. The van der Waals surface area contributed by atoms with Gasteiger partial charge in [0, 0.05) is 43.1 Å². The molecule has 1 saturated carbocycles. The van der Waals surface area contributed by atoms with Crippen molar-refractivity contribution in [2.75, 3.05) is 20.3 Å². The molecule has 1 saturated heterocycles. The predicted octanol–water partition coefficient (Wildman–Crippen LogP) is 2.23. The van der Waals surface area contributed by atoms with Gasteiger partial charge in [0.1, 0.15) is 5.69 Å². The monoisotopic (exact) mass is 389 g/mol. The lowest BCUT2D eigenvalue weighted by molar-refractivity contribution is 0.0707. The van der Waals surface area contributed by atoms with Crippen molar-refractivity contribution in [3.8, 4) is 17.5 Å². The van der Waals surface area contributed by atoms with Gasteiger partial charge in [-0.25, -0.2) is 9.97 Å². The van der Waals surface area contributed by atoms with Gasteiger partial charge in [0.05, 0.1) is 24.8 Å². The van der Waals surface area contributed by atoms with Crippen LogP contribution in [0.3, 0.4) is 0 Å². The highest BCUT2D eigenvalue weighted by Gasteiger charge is 2.38. The van der Waals surface area contributed by atoms with Crippen LogP contribution in [-0.2, 0) is 11.3 Å². The van der Waals surface area contributed by atoms with Gasteiger partial charge >= 0.3 is 0 Å². The Kier molecular flexibility index (Phi) is 4.53. The van der Waals surface area contributed by atoms with Gasteiger partial charge in [-0.3, -0.25) is 4.79 Å². The summed E-state index contributed by atoms with van der Waals surface area (Å²) in [5.74, 6) is 1.02. The summed E-state index contributed by atoms with van der Waals surface area (Å²) in [5.41, 5.74) is 4.01. The molecule has 0 spiro atoms. The van der Waals surface area contributed by atoms with Crippen LogP contribution in [0.4, 0.5) is 0 Å². The molecule has 5 rings (SSSR count). The van der Waals surface area contributed by atoms with Crippen LogP contribution in [-0.4, -0.2) is 53.1 Å².